The molecule has 0 radical (unpaired) electrons. The van der Waals surface area contributed by atoms with Gasteiger partial charge in [-0.15, -0.1) is 0 Å². The van der Waals surface area contributed by atoms with Gasteiger partial charge in [-0.3, -0.25) is 4.40 Å². The maximum absolute atomic E-state index is 6.25. The number of rotatable bonds is 4. The smallest absolute Gasteiger partial charge is 0.156 e. The van der Waals surface area contributed by atoms with E-state index in [1.807, 2.05) is 42.5 Å². The Morgan fingerprint density at radius 2 is 1.91 bits per heavy atom. The summed E-state index contributed by atoms with van der Waals surface area (Å²) in [6, 6.07) is 9.46. The summed E-state index contributed by atoms with van der Waals surface area (Å²) in [5.74, 6) is 0.822. The first-order valence-corrected chi connectivity index (χ1v) is 8.08. The van der Waals surface area contributed by atoms with Crippen molar-refractivity contribution >= 4 is 28.8 Å². The molecule has 2 heterocycles. The Bertz CT molecular complexity index is 841. The molecule has 0 unspecified atom stereocenters. The average Bonchev–Trinajstić information content (AvgIpc) is 2.86. The van der Waals surface area contributed by atoms with Gasteiger partial charge < -0.3 is 10.5 Å². The number of imidazole rings is 1. The van der Waals surface area contributed by atoms with Crippen LogP contribution in [0.4, 0.5) is 0 Å². The summed E-state index contributed by atoms with van der Waals surface area (Å²) < 4.78 is 7.51. The van der Waals surface area contributed by atoms with E-state index in [0.717, 1.165) is 22.7 Å². The first-order valence-electron chi connectivity index (χ1n) is 7.32. The van der Waals surface area contributed by atoms with Crippen LogP contribution in [0, 0.1) is 0 Å². The number of hydrogen-bond acceptors (Lipinski definition) is 3. The number of fused-ring (bicyclic) bond motifs is 1. The average molecular weight is 350 g/mol. The zero-order chi connectivity index (χ0) is 16.6. The molecule has 23 heavy (non-hydrogen) atoms. The topological polar surface area (TPSA) is 52.5 Å². The van der Waals surface area contributed by atoms with Crippen molar-refractivity contribution in [2.75, 3.05) is 0 Å². The number of benzene rings is 1. The molecule has 0 aliphatic rings. The lowest BCUT2D eigenvalue weighted by atomic mass is 10.1. The largest absolute Gasteiger partial charge is 0.491 e. The van der Waals surface area contributed by atoms with Gasteiger partial charge >= 0.3 is 0 Å². The molecule has 0 aliphatic carbocycles. The van der Waals surface area contributed by atoms with Crippen LogP contribution in [-0.2, 0) is 6.54 Å². The highest BCUT2D eigenvalue weighted by atomic mass is 35.5. The third kappa shape index (κ3) is 3.15. The highest BCUT2D eigenvalue weighted by Crippen LogP contribution is 2.30. The fourth-order valence-corrected chi connectivity index (χ4v) is 3.02. The van der Waals surface area contributed by atoms with Gasteiger partial charge in [-0.1, -0.05) is 23.2 Å². The van der Waals surface area contributed by atoms with Crippen molar-refractivity contribution in [2.45, 2.75) is 26.5 Å². The minimum atomic E-state index is 0.136. The Morgan fingerprint density at radius 1 is 1.22 bits per heavy atom. The van der Waals surface area contributed by atoms with Crippen molar-refractivity contribution in [3.8, 4) is 17.0 Å². The maximum atomic E-state index is 6.25. The molecule has 3 rings (SSSR count). The maximum Gasteiger partial charge on any atom is 0.156 e. The summed E-state index contributed by atoms with van der Waals surface area (Å²) in [6.45, 7) is 4.32. The second-order valence-electron chi connectivity index (χ2n) is 5.50. The molecule has 1 aromatic carbocycles. The summed E-state index contributed by atoms with van der Waals surface area (Å²) in [5.41, 5.74) is 9.19. The van der Waals surface area contributed by atoms with Gasteiger partial charge in [0.1, 0.15) is 5.75 Å². The number of aromatic nitrogens is 2. The Morgan fingerprint density at radius 3 is 2.52 bits per heavy atom. The van der Waals surface area contributed by atoms with Gasteiger partial charge in [0, 0.05) is 18.3 Å². The monoisotopic (exact) mass is 349 g/mol. The molecule has 0 amide bonds. The number of ether oxygens (including phenoxy) is 1. The van der Waals surface area contributed by atoms with E-state index >= 15 is 0 Å². The summed E-state index contributed by atoms with van der Waals surface area (Å²) in [6.07, 6.45) is 1.91. The third-order valence-electron chi connectivity index (χ3n) is 3.43. The van der Waals surface area contributed by atoms with Crippen LogP contribution >= 0.6 is 23.2 Å². The highest BCUT2D eigenvalue weighted by Gasteiger charge is 2.15. The number of pyridine rings is 1. The molecule has 0 atom stereocenters. The molecule has 0 bridgehead atoms. The van der Waals surface area contributed by atoms with Crippen molar-refractivity contribution in [1.29, 1.82) is 0 Å². The van der Waals surface area contributed by atoms with Gasteiger partial charge in [-0.05, 0) is 44.2 Å². The molecule has 0 aliphatic heterocycles. The fraction of sp³-hybridized carbons (Fsp3) is 0.235. The standard InChI is InChI=1S/C17H17Cl2N3O/c1-10(2)23-13-5-3-11(4-6-13)16-15(8-20)22-9-12(18)7-14(19)17(22)21-16/h3-7,9-10H,8,20H2,1-2H3. The summed E-state index contributed by atoms with van der Waals surface area (Å²) in [5, 5.41) is 1.04. The molecule has 2 N–H and O–H groups in total. The first-order chi connectivity index (χ1) is 11.0. The minimum absolute atomic E-state index is 0.136. The normalized spacial score (nSPS) is 11.4. The van der Waals surface area contributed by atoms with Crippen molar-refractivity contribution in [3.63, 3.8) is 0 Å². The van der Waals surface area contributed by atoms with Crippen LogP contribution in [0.5, 0.6) is 5.75 Å². The van der Waals surface area contributed by atoms with Crippen molar-refractivity contribution < 1.29 is 4.74 Å². The van der Waals surface area contributed by atoms with E-state index in [2.05, 4.69) is 4.98 Å². The number of nitrogens with two attached hydrogens (primary N) is 1. The SMILES string of the molecule is CC(C)Oc1ccc(-c2nc3c(Cl)cc(Cl)cn3c2CN)cc1. The van der Waals surface area contributed by atoms with E-state index in [-0.39, 0.29) is 6.10 Å². The lowest BCUT2D eigenvalue weighted by Gasteiger charge is -2.10. The van der Waals surface area contributed by atoms with Gasteiger partial charge in [0.15, 0.2) is 5.65 Å². The van der Waals surface area contributed by atoms with Crippen LogP contribution in [0.3, 0.4) is 0 Å². The number of halogens is 2. The van der Waals surface area contributed by atoms with E-state index in [9.17, 15) is 0 Å². The van der Waals surface area contributed by atoms with Crippen LogP contribution in [0.15, 0.2) is 36.5 Å². The molecular formula is C17H17Cl2N3O. The molecule has 0 saturated heterocycles. The van der Waals surface area contributed by atoms with E-state index in [4.69, 9.17) is 33.7 Å². The van der Waals surface area contributed by atoms with Crippen molar-refractivity contribution in [1.82, 2.24) is 9.38 Å². The Balaban J connectivity index is 2.10. The summed E-state index contributed by atoms with van der Waals surface area (Å²) in [4.78, 5) is 4.64. The van der Waals surface area contributed by atoms with Gasteiger partial charge in [0.25, 0.3) is 0 Å². The molecule has 0 fully saturated rings. The summed E-state index contributed by atoms with van der Waals surface area (Å²) in [7, 11) is 0. The van der Waals surface area contributed by atoms with Crippen LogP contribution in [0.2, 0.25) is 10.0 Å². The van der Waals surface area contributed by atoms with E-state index < -0.39 is 0 Å². The fourth-order valence-electron chi connectivity index (χ4n) is 2.51. The van der Waals surface area contributed by atoms with Crippen molar-refractivity contribution in [3.05, 3.63) is 52.3 Å². The zero-order valence-electron chi connectivity index (χ0n) is 12.9. The van der Waals surface area contributed by atoms with E-state index in [0.29, 0.717) is 22.2 Å². The second-order valence-corrected chi connectivity index (χ2v) is 6.35. The second kappa shape index (κ2) is 6.40. The van der Waals surface area contributed by atoms with Gasteiger partial charge in [0.2, 0.25) is 0 Å². The van der Waals surface area contributed by atoms with Gasteiger partial charge in [-0.25, -0.2) is 4.98 Å². The number of hydrogen-bond donors (Lipinski definition) is 1. The van der Waals surface area contributed by atoms with E-state index in [1.54, 1.807) is 12.3 Å². The molecule has 120 valence electrons. The third-order valence-corrected chi connectivity index (χ3v) is 3.92. The van der Waals surface area contributed by atoms with Crippen LogP contribution in [0.1, 0.15) is 19.5 Å². The van der Waals surface area contributed by atoms with Crippen LogP contribution in [0.25, 0.3) is 16.9 Å². The lowest BCUT2D eigenvalue weighted by Crippen LogP contribution is -2.05. The molecule has 4 nitrogen and oxygen atoms in total. The van der Waals surface area contributed by atoms with Crippen LogP contribution < -0.4 is 10.5 Å². The molecule has 0 saturated carbocycles. The van der Waals surface area contributed by atoms with Crippen LogP contribution in [-0.4, -0.2) is 15.5 Å². The molecule has 0 spiro atoms. The highest BCUT2D eigenvalue weighted by molar-refractivity contribution is 6.36. The lowest BCUT2D eigenvalue weighted by molar-refractivity contribution is 0.242. The van der Waals surface area contributed by atoms with Gasteiger partial charge in [0.05, 0.1) is 27.5 Å². The number of nitrogens with zero attached hydrogens (tertiary/aromatic N) is 2. The van der Waals surface area contributed by atoms with Gasteiger partial charge in [-0.2, -0.15) is 0 Å². The molecule has 2 aromatic heterocycles. The Kier molecular flexibility index (Phi) is 4.48. The molecule has 3 aromatic rings. The molecular weight excluding hydrogens is 333 g/mol. The zero-order valence-corrected chi connectivity index (χ0v) is 14.4. The first kappa shape index (κ1) is 16.1. The quantitative estimate of drug-likeness (QED) is 0.751. The van der Waals surface area contributed by atoms with Crippen molar-refractivity contribution in [2.24, 2.45) is 5.73 Å². The van der Waals surface area contributed by atoms with E-state index in [1.165, 1.54) is 0 Å². The Labute approximate surface area is 144 Å². The molecule has 6 heteroatoms. The Hall–Kier alpha value is -1.75. The predicted molar refractivity (Wildman–Crippen MR) is 94.3 cm³/mol. The predicted octanol–water partition coefficient (Wildman–Crippen LogP) is 4.55. The summed E-state index contributed by atoms with van der Waals surface area (Å²) >= 11 is 12.3. The minimum Gasteiger partial charge on any atom is -0.491 e.